The van der Waals surface area contributed by atoms with Crippen LogP contribution in [0, 0.1) is 17.8 Å². The zero-order chi connectivity index (χ0) is 32.1. The van der Waals surface area contributed by atoms with Crippen molar-refractivity contribution < 1.29 is 29.0 Å². The molecule has 3 N–H and O–H groups in total. The van der Waals surface area contributed by atoms with E-state index in [2.05, 4.69) is 32.7 Å². The lowest BCUT2D eigenvalue weighted by molar-refractivity contribution is -0.120. The smallest absolute Gasteiger partial charge is 0.354 e. The topological polar surface area (TPSA) is 129 Å². The number of carboxylic acid groups (broad SMARTS) is 1. The number of carbonyl (C=O) groups is 3. The largest absolute Gasteiger partial charge is 0.496 e. The number of pyridine rings is 1. The Morgan fingerprint density at radius 2 is 1.47 bits per heavy atom. The van der Waals surface area contributed by atoms with Crippen LogP contribution in [0.5, 0.6) is 5.75 Å². The Bertz CT molecular complexity index is 1500. The van der Waals surface area contributed by atoms with Crippen LogP contribution in [0.3, 0.4) is 0 Å². The van der Waals surface area contributed by atoms with Gasteiger partial charge in [0.25, 0.3) is 0 Å². The summed E-state index contributed by atoms with van der Waals surface area (Å²) in [4.78, 5) is 43.4. The highest BCUT2D eigenvalue weighted by Crippen LogP contribution is 2.55. The van der Waals surface area contributed by atoms with Crippen molar-refractivity contribution in [2.75, 3.05) is 7.11 Å². The van der Waals surface area contributed by atoms with Gasteiger partial charge in [-0.2, -0.15) is 0 Å². The number of Topliss-reactive ketones (excluding diaryl/α,β-unsaturated/α-hetero) is 2. The van der Waals surface area contributed by atoms with Gasteiger partial charge in [0.05, 0.1) is 18.7 Å². The van der Waals surface area contributed by atoms with E-state index < -0.39 is 11.9 Å². The molecule has 0 bridgehead atoms. The maximum Gasteiger partial charge on any atom is 0.354 e. The van der Waals surface area contributed by atoms with E-state index >= 15 is 0 Å². The maximum absolute atomic E-state index is 13.7. The lowest BCUT2D eigenvalue weighted by atomic mass is 9.65. The average Bonchev–Trinajstić information content (AvgIpc) is 2.84. The van der Waals surface area contributed by atoms with Crippen LogP contribution in [0.25, 0.3) is 11.3 Å². The van der Waals surface area contributed by atoms with Gasteiger partial charge in [0, 0.05) is 53.5 Å². The molecule has 0 unspecified atom stereocenters. The molecule has 2 aromatic rings. The number of rotatable bonds is 4. The summed E-state index contributed by atoms with van der Waals surface area (Å²) in [7, 11) is 1.57. The zero-order valence-corrected chi connectivity index (χ0v) is 26.8. The molecule has 2 aliphatic carbocycles. The van der Waals surface area contributed by atoms with Crippen LogP contribution >= 0.6 is 0 Å². The van der Waals surface area contributed by atoms with Crippen LogP contribution in [0.2, 0.25) is 0 Å². The lowest BCUT2D eigenvalue weighted by Crippen LogP contribution is -2.38. The summed E-state index contributed by atoms with van der Waals surface area (Å²) in [6, 6.07) is 8.50. The number of benzene rings is 1. The molecule has 1 aromatic carbocycles. The van der Waals surface area contributed by atoms with Crippen molar-refractivity contribution in [3.8, 4) is 17.0 Å². The SMILES string of the molecule is CC(C)(C)N.COc1ccc(-c2cccc(C(=O)O)n2)c(C)c1C1C2=C(CC(C)(C)CC2=O)OC2=C1C(=O)CC(C)(C)C2. The molecule has 8 heteroatoms. The molecule has 1 aromatic heterocycles. The highest BCUT2D eigenvalue weighted by molar-refractivity contribution is 6.06. The van der Waals surface area contributed by atoms with E-state index in [1.165, 1.54) is 6.07 Å². The molecule has 0 saturated carbocycles. The summed E-state index contributed by atoms with van der Waals surface area (Å²) < 4.78 is 12.2. The quantitative estimate of drug-likeness (QED) is 0.394. The molecule has 0 atom stereocenters. The first-order valence-corrected chi connectivity index (χ1v) is 14.7. The predicted molar refractivity (Wildman–Crippen MR) is 166 cm³/mol. The molecule has 0 amide bonds. The molecule has 43 heavy (non-hydrogen) atoms. The number of hydrogen-bond donors (Lipinski definition) is 2. The molecule has 2 heterocycles. The van der Waals surface area contributed by atoms with E-state index in [0.29, 0.717) is 65.4 Å². The average molecular weight is 589 g/mol. The fourth-order valence-electron chi connectivity index (χ4n) is 6.19. The van der Waals surface area contributed by atoms with Gasteiger partial charge >= 0.3 is 5.97 Å². The molecule has 0 radical (unpaired) electrons. The van der Waals surface area contributed by atoms with Gasteiger partial charge in [-0.3, -0.25) is 9.59 Å². The normalized spacial score (nSPS) is 19.6. The van der Waals surface area contributed by atoms with E-state index in [-0.39, 0.29) is 33.6 Å². The number of aromatic nitrogens is 1. The molecule has 0 saturated heterocycles. The van der Waals surface area contributed by atoms with Gasteiger partial charge in [-0.25, -0.2) is 9.78 Å². The zero-order valence-electron chi connectivity index (χ0n) is 26.8. The highest BCUT2D eigenvalue weighted by atomic mass is 16.5. The minimum absolute atomic E-state index is 0. The number of carbonyl (C=O) groups excluding carboxylic acids is 2. The number of carboxylic acids is 1. The second kappa shape index (κ2) is 11.4. The number of methoxy groups -OCH3 is 1. The second-order valence-electron chi connectivity index (χ2n) is 14.5. The third-order valence-electron chi connectivity index (χ3n) is 7.81. The highest BCUT2D eigenvalue weighted by Gasteiger charge is 2.49. The van der Waals surface area contributed by atoms with Gasteiger partial charge in [-0.15, -0.1) is 0 Å². The number of ether oxygens (including phenoxy) is 2. The van der Waals surface area contributed by atoms with Crippen LogP contribution < -0.4 is 10.5 Å². The van der Waals surface area contributed by atoms with Gasteiger partial charge < -0.3 is 20.3 Å². The first kappa shape index (κ1) is 32.1. The van der Waals surface area contributed by atoms with Crippen LogP contribution in [-0.4, -0.2) is 40.3 Å². The van der Waals surface area contributed by atoms with E-state index in [9.17, 15) is 19.5 Å². The summed E-state index contributed by atoms with van der Waals surface area (Å²) in [5.41, 5.74) is 8.55. The van der Waals surface area contributed by atoms with Crippen molar-refractivity contribution in [2.24, 2.45) is 16.6 Å². The Balaban J connectivity index is 0.000000782. The van der Waals surface area contributed by atoms with Crippen molar-refractivity contribution in [3.63, 3.8) is 0 Å². The molecule has 8 nitrogen and oxygen atoms in total. The third kappa shape index (κ3) is 6.90. The summed E-state index contributed by atoms with van der Waals surface area (Å²) in [5, 5.41) is 9.48. The summed E-state index contributed by atoms with van der Waals surface area (Å²) >= 11 is 0. The van der Waals surface area contributed by atoms with E-state index in [4.69, 9.17) is 15.2 Å². The second-order valence-corrected chi connectivity index (χ2v) is 14.5. The minimum Gasteiger partial charge on any atom is -0.496 e. The van der Waals surface area contributed by atoms with Crippen molar-refractivity contribution >= 4 is 17.5 Å². The Kier molecular flexibility index (Phi) is 8.50. The van der Waals surface area contributed by atoms with Crippen LogP contribution in [-0.2, 0) is 14.3 Å². The van der Waals surface area contributed by atoms with E-state index in [1.807, 2.05) is 33.8 Å². The summed E-state index contributed by atoms with van der Waals surface area (Å²) in [6.45, 7) is 16.0. The van der Waals surface area contributed by atoms with Crippen molar-refractivity contribution in [3.05, 3.63) is 69.8 Å². The number of nitrogens with two attached hydrogens (primary N) is 1. The predicted octanol–water partition coefficient (Wildman–Crippen LogP) is 6.91. The maximum atomic E-state index is 13.7. The van der Waals surface area contributed by atoms with Crippen LogP contribution in [0.15, 0.2) is 53.0 Å². The fourth-order valence-corrected chi connectivity index (χ4v) is 6.19. The lowest BCUT2D eigenvalue weighted by Gasteiger charge is -2.43. The van der Waals surface area contributed by atoms with Gasteiger partial charge in [0.15, 0.2) is 11.6 Å². The molecule has 0 spiro atoms. The Morgan fingerprint density at radius 3 is 1.93 bits per heavy atom. The third-order valence-corrected chi connectivity index (χ3v) is 7.81. The van der Waals surface area contributed by atoms with Crippen LogP contribution in [0.1, 0.15) is 102 Å². The van der Waals surface area contributed by atoms with Gasteiger partial charge in [-0.05, 0) is 68.4 Å². The van der Waals surface area contributed by atoms with Gasteiger partial charge in [0.1, 0.15) is 23.0 Å². The molecule has 3 aliphatic rings. The molecule has 1 aliphatic heterocycles. The Hall–Kier alpha value is -3.78. The van der Waals surface area contributed by atoms with E-state index in [1.54, 1.807) is 25.3 Å². The minimum atomic E-state index is -1.11. The fraction of sp³-hybridized carbons (Fsp3) is 0.486. The van der Waals surface area contributed by atoms with Gasteiger partial charge in [0.2, 0.25) is 0 Å². The number of hydrogen-bond acceptors (Lipinski definition) is 7. The van der Waals surface area contributed by atoms with Crippen LogP contribution in [0.4, 0.5) is 0 Å². The van der Waals surface area contributed by atoms with Crippen molar-refractivity contribution in [1.82, 2.24) is 4.98 Å². The number of allylic oxidation sites excluding steroid dienone is 4. The molecule has 0 fully saturated rings. The van der Waals surface area contributed by atoms with Gasteiger partial charge in [-0.1, -0.05) is 33.8 Å². The standard InChI is InChI=1S/C31H33NO6.C4H11N/c1-16-17(18-8-7-9-19(32-18)29(35)36)10-11-22(37-6)25(16)28-26-20(33)12-30(2,3)14-23(26)38-24-15-31(4,5)13-21(34)27(24)28;1-4(2,3)5/h7-11,28H,12-15H2,1-6H3,(H,35,36);5H2,1-3H3. The first-order chi connectivity index (χ1) is 19.8. The number of ketones is 2. The number of aromatic carboxylic acids is 1. The number of nitrogens with zero attached hydrogens (tertiary/aromatic N) is 1. The molecule has 5 rings (SSSR count). The van der Waals surface area contributed by atoms with Crippen molar-refractivity contribution in [1.29, 1.82) is 0 Å². The summed E-state index contributed by atoms with van der Waals surface area (Å²) in [5.74, 6) is 0.0430. The van der Waals surface area contributed by atoms with E-state index in [0.717, 1.165) is 11.1 Å². The monoisotopic (exact) mass is 588 g/mol. The first-order valence-electron chi connectivity index (χ1n) is 14.7. The molecular formula is C35H44N2O6. The Labute approximate surface area is 254 Å². The molecule has 230 valence electrons. The Morgan fingerprint density at radius 1 is 0.953 bits per heavy atom. The summed E-state index contributed by atoms with van der Waals surface area (Å²) in [6.07, 6.45) is 1.91. The van der Waals surface area contributed by atoms with Crippen molar-refractivity contribution in [2.45, 2.75) is 92.5 Å². The molecular weight excluding hydrogens is 544 g/mol.